The van der Waals surface area contributed by atoms with Crippen LogP contribution in [0.1, 0.15) is 96.9 Å². The first-order valence-electron chi connectivity index (χ1n) is 10.2. The highest BCUT2D eigenvalue weighted by atomic mass is 14.8. The van der Waals surface area contributed by atoms with Gasteiger partial charge in [-0.15, -0.1) is 0 Å². The van der Waals surface area contributed by atoms with Crippen LogP contribution >= 0.6 is 0 Å². The third-order valence-electron chi connectivity index (χ3n) is 4.90. The molecule has 0 atom stereocenters. The number of allylic oxidation sites excluding steroid dienone is 4. The fourth-order valence-electron chi connectivity index (χ4n) is 2.40. The Morgan fingerprint density at radius 3 is 0.846 bits per heavy atom. The Labute approximate surface area is 165 Å². The molecule has 0 aliphatic heterocycles. The zero-order valence-corrected chi connectivity index (χ0v) is 20.2. The van der Waals surface area contributed by atoms with E-state index in [9.17, 15) is 0 Å². The molecule has 0 aliphatic carbocycles. The zero-order valence-electron chi connectivity index (χ0n) is 20.2. The van der Waals surface area contributed by atoms with Crippen LogP contribution < -0.4 is 0 Å². The Balaban J connectivity index is 0. The lowest BCUT2D eigenvalue weighted by atomic mass is 9.97. The van der Waals surface area contributed by atoms with E-state index < -0.39 is 0 Å². The predicted molar refractivity (Wildman–Crippen MR) is 123 cm³/mol. The molecule has 0 radical (unpaired) electrons. The molecule has 2 heteroatoms. The lowest BCUT2D eigenvalue weighted by Gasteiger charge is -2.11. The van der Waals surface area contributed by atoms with E-state index in [0.717, 1.165) is 0 Å². The molecular formula is C24H46N2. The minimum absolute atomic E-state index is 0.398. The van der Waals surface area contributed by atoms with Crippen molar-refractivity contribution >= 4 is 11.4 Å². The van der Waals surface area contributed by atoms with E-state index in [-0.39, 0.29) is 0 Å². The summed E-state index contributed by atoms with van der Waals surface area (Å²) in [6, 6.07) is 0.796. The van der Waals surface area contributed by atoms with Crippen LogP contribution in [0, 0.1) is 11.8 Å². The van der Waals surface area contributed by atoms with Crippen molar-refractivity contribution in [3.63, 3.8) is 0 Å². The molecule has 26 heavy (non-hydrogen) atoms. The zero-order chi connectivity index (χ0) is 21.2. The maximum atomic E-state index is 4.54. The fourth-order valence-corrected chi connectivity index (χ4v) is 2.40. The van der Waals surface area contributed by atoms with Crippen LogP contribution in [0.25, 0.3) is 0 Å². The molecule has 0 aliphatic rings. The van der Waals surface area contributed by atoms with Gasteiger partial charge in [0.15, 0.2) is 0 Å². The second-order valence-corrected chi connectivity index (χ2v) is 8.54. The van der Waals surface area contributed by atoms with Gasteiger partial charge in [-0.3, -0.25) is 9.98 Å². The molecule has 2 nitrogen and oxygen atoms in total. The molecule has 0 amide bonds. The monoisotopic (exact) mass is 362 g/mol. The largest absolute Gasteiger partial charge is 0.287 e. The topological polar surface area (TPSA) is 24.7 Å². The molecule has 0 heterocycles. The van der Waals surface area contributed by atoms with E-state index in [1.807, 2.05) is 0 Å². The van der Waals surface area contributed by atoms with Gasteiger partial charge in [0.1, 0.15) is 0 Å². The van der Waals surface area contributed by atoms with E-state index >= 15 is 0 Å². The van der Waals surface area contributed by atoms with Crippen molar-refractivity contribution in [2.45, 2.75) is 109 Å². The first-order valence-corrected chi connectivity index (χ1v) is 10.2. The van der Waals surface area contributed by atoms with Crippen molar-refractivity contribution in [3.05, 3.63) is 22.3 Å². The Hall–Kier alpha value is -1.18. The molecule has 0 aromatic heterocycles. The van der Waals surface area contributed by atoms with Crippen LogP contribution in [-0.4, -0.2) is 23.5 Å². The highest BCUT2D eigenvalue weighted by molar-refractivity contribution is 5.98. The molecule has 0 aromatic rings. The van der Waals surface area contributed by atoms with Crippen LogP contribution in [0.4, 0.5) is 0 Å². The van der Waals surface area contributed by atoms with Crippen molar-refractivity contribution in [1.82, 2.24) is 0 Å². The second-order valence-electron chi connectivity index (χ2n) is 8.54. The first kappa shape index (κ1) is 27.0. The van der Waals surface area contributed by atoms with E-state index in [1.165, 1.54) is 33.7 Å². The standard InChI is InChI=1S/2C12H23N/c2*1-8(2)10(5)11(6)12(7)13-9(3)4/h2*8-9H,1-7H3/b2*11-10-,13-12?. The van der Waals surface area contributed by atoms with Gasteiger partial charge in [-0.1, -0.05) is 38.8 Å². The summed E-state index contributed by atoms with van der Waals surface area (Å²) >= 11 is 0. The van der Waals surface area contributed by atoms with Gasteiger partial charge in [-0.2, -0.15) is 0 Å². The summed E-state index contributed by atoms with van der Waals surface area (Å²) in [6.45, 7) is 30.3. The summed E-state index contributed by atoms with van der Waals surface area (Å²) in [7, 11) is 0. The van der Waals surface area contributed by atoms with E-state index in [0.29, 0.717) is 23.9 Å². The Morgan fingerprint density at radius 1 is 0.462 bits per heavy atom. The third kappa shape index (κ3) is 11.4. The average molecular weight is 363 g/mol. The lowest BCUT2D eigenvalue weighted by Crippen LogP contribution is -2.04. The van der Waals surface area contributed by atoms with Crippen LogP contribution in [-0.2, 0) is 0 Å². The normalized spacial score (nSPS) is 15.3. The summed E-state index contributed by atoms with van der Waals surface area (Å²) in [5, 5.41) is 0. The van der Waals surface area contributed by atoms with Gasteiger partial charge in [-0.25, -0.2) is 0 Å². The first-order chi connectivity index (χ1) is 11.7. The molecule has 0 rings (SSSR count). The van der Waals surface area contributed by atoms with E-state index in [4.69, 9.17) is 0 Å². The minimum Gasteiger partial charge on any atom is -0.287 e. The van der Waals surface area contributed by atoms with Crippen LogP contribution in [0.2, 0.25) is 0 Å². The summed E-state index contributed by atoms with van der Waals surface area (Å²) in [6.07, 6.45) is 0. The molecule has 0 spiro atoms. The van der Waals surface area contributed by atoms with E-state index in [2.05, 4.69) is 107 Å². The second kappa shape index (κ2) is 13.1. The number of hydrogen-bond donors (Lipinski definition) is 0. The Morgan fingerprint density at radius 2 is 0.692 bits per heavy atom. The molecule has 0 bridgehead atoms. The summed E-state index contributed by atoms with van der Waals surface area (Å²) in [4.78, 5) is 9.08. The molecule has 152 valence electrons. The summed E-state index contributed by atoms with van der Waals surface area (Å²) < 4.78 is 0. The van der Waals surface area contributed by atoms with Crippen LogP contribution in [0.5, 0.6) is 0 Å². The van der Waals surface area contributed by atoms with Gasteiger partial charge >= 0.3 is 0 Å². The highest BCUT2D eigenvalue weighted by Gasteiger charge is 2.05. The van der Waals surface area contributed by atoms with Crippen molar-refractivity contribution < 1.29 is 0 Å². The molecule has 0 saturated carbocycles. The van der Waals surface area contributed by atoms with Crippen molar-refractivity contribution in [1.29, 1.82) is 0 Å². The molecule has 0 N–H and O–H groups in total. The van der Waals surface area contributed by atoms with Gasteiger partial charge < -0.3 is 0 Å². The SMILES string of the molecule is CC(=NC(C)C)/C(C)=C(/C)C(C)C.CC(=NC(C)C)/C(C)=C(/C)C(C)C. The van der Waals surface area contributed by atoms with Crippen molar-refractivity contribution in [2.75, 3.05) is 0 Å². The molecule has 0 fully saturated rings. The maximum Gasteiger partial charge on any atom is 0.0446 e. The van der Waals surface area contributed by atoms with Gasteiger partial charge in [-0.05, 0) is 92.2 Å². The quantitative estimate of drug-likeness (QED) is 0.432. The number of rotatable bonds is 6. The third-order valence-corrected chi connectivity index (χ3v) is 4.90. The number of nitrogens with zero attached hydrogens (tertiary/aromatic N) is 2. The molecule has 0 unspecified atom stereocenters. The minimum atomic E-state index is 0.398. The Kier molecular flexibility index (Phi) is 13.6. The number of hydrogen-bond acceptors (Lipinski definition) is 2. The van der Waals surface area contributed by atoms with Crippen molar-refractivity contribution in [2.24, 2.45) is 21.8 Å². The smallest absolute Gasteiger partial charge is 0.0446 e. The molecule has 0 saturated heterocycles. The fraction of sp³-hybridized carbons (Fsp3) is 0.750. The average Bonchev–Trinajstić information content (AvgIpc) is 2.50. The van der Waals surface area contributed by atoms with Gasteiger partial charge in [0.25, 0.3) is 0 Å². The van der Waals surface area contributed by atoms with Gasteiger partial charge in [0.2, 0.25) is 0 Å². The molecular weight excluding hydrogens is 316 g/mol. The molecule has 0 aromatic carbocycles. The van der Waals surface area contributed by atoms with Gasteiger partial charge in [0.05, 0.1) is 0 Å². The predicted octanol–water partition coefficient (Wildman–Crippen LogP) is 7.70. The maximum absolute atomic E-state index is 4.54. The van der Waals surface area contributed by atoms with Gasteiger partial charge in [0, 0.05) is 23.5 Å². The summed E-state index contributed by atoms with van der Waals surface area (Å²) in [5.41, 5.74) is 7.96. The van der Waals surface area contributed by atoms with Crippen LogP contribution in [0.15, 0.2) is 32.3 Å². The Bertz CT molecular complexity index is 489. The van der Waals surface area contributed by atoms with Crippen molar-refractivity contribution in [3.8, 4) is 0 Å². The van der Waals surface area contributed by atoms with Crippen LogP contribution in [0.3, 0.4) is 0 Å². The number of aliphatic imine (C=N–C) groups is 2. The highest BCUT2D eigenvalue weighted by Crippen LogP contribution is 2.16. The lowest BCUT2D eigenvalue weighted by molar-refractivity contribution is 0.761. The van der Waals surface area contributed by atoms with E-state index in [1.54, 1.807) is 0 Å². The summed E-state index contributed by atoms with van der Waals surface area (Å²) in [5.74, 6) is 1.25.